The number of aliphatic hydroxyl groups is 6. The Bertz CT molecular complexity index is 2850. The van der Waals surface area contributed by atoms with Crippen molar-refractivity contribution < 1.29 is 148 Å². The van der Waals surface area contributed by atoms with Gasteiger partial charge in [-0.1, -0.05) is 34.3 Å². The van der Waals surface area contributed by atoms with E-state index < -0.39 is 225 Å². The third-order valence-electron chi connectivity index (χ3n) is 15.4. The Morgan fingerprint density at radius 1 is 0.637 bits per heavy atom. The van der Waals surface area contributed by atoms with Crippen LogP contribution in [0.4, 0.5) is 0 Å². The molecular weight excluding hydrogens is 1310 g/mol. The number of nitrogens with one attached hydrogen (secondary N) is 5. The molecule has 0 bridgehead atoms. The molecule has 13 N–H and O–H groups in total. The van der Waals surface area contributed by atoms with Gasteiger partial charge in [-0.3, -0.25) is 42.1 Å². The quantitative estimate of drug-likeness (QED) is 0.00922. The van der Waals surface area contributed by atoms with Crippen LogP contribution in [0, 0.1) is 22.7 Å². The van der Waals surface area contributed by atoms with Gasteiger partial charge in [0.15, 0.2) is 16.1 Å². The Morgan fingerprint density at radius 2 is 1.10 bits per heavy atom. The molecule has 4 fully saturated rings. The fourth-order valence-electron chi connectivity index (χ4n) is 10.7. The van der Waals surface area contributed by atoms with Crippen molar-refractivity contribution in [3.05, 3.63) is 12.8 Å². The summed E-state index contributed by atoms with van der Waals surface area (Å²) in [6, 6.07) is -3.36. The summed E-state index contributed by atoms with van der Waals surface area (Å²) < 4.78 is 191. The maximum Gasteiger partial charge on any atom is 0.287 e. The first-order valence-electron chi connectivity index (χ1n) is 27.9. The molecule has 0 saturated carbocycles. The van der Waals surface area contributed by atoms with Crippen molar-refractivity contribution in [3.8, 4) is 0 Å². The molecule has 4 rings (SSSR count). The number of amides is 3. The maximum absolute atomic E-state index is 13.2. The largest absolute Gasteiger partial charge is 0.735 e. The fourth-order valence-corrected chi connectivity index (χ4v) is 12.4. The van der Waals surface area contributed by atoms with Crippen LogP contribution in [-0.4, -0.2) is 284 Å². The minimum atomic E-state index is -5.23. The molecule has 0 aliphatic carbocycles. The van der Waals surface area contributed by atoms with Gasteiger partial charge in [0.1, 0.15) is 42.7 Å². The van der Waals surface area contributed by atoms with Gasteiger partial charge >= 0.3 is 0 Å². The summed E-state index contributed by atoms with van der Waals surface area (Å²) >= 11 is 0. The van der Waals surface area contributed by atoms with Crippen molar-refractivity contribution in [2.45, 2.75) is 164 Å². The summed E-state index contributed by atoms with van der Waals surface area (Å²) in [4.78, 5) is 49.4. The van der Waals surface area contributed by atoms with Crippen LogP contribution in [0.25, 0.3) is 0 Å². The third kappa shape index (κ3) is 24.8. The second-order valence-electron chi connectivity index (χ2n) is 22.0. The second kappa shape index (κ2) is 36.5. The molecule has 0 spiro atoms. The Labute approximate surface area is 526 Å². The van der Waals surface area contributed by atoms with Gasteiger partial charge in [-0.15, -0.1) is 0 Å². The van der Waals surface area contributed by atoms with Crippen molar-refractivity contribution in [2.24, 2.45) is 32.1 Å². The zero-order chi connectivity index (χ0) is 69.0. The summed E-state index contributed by atoms with van der Waals surface area (Å²) in [5, 5.41) is 70.7. The van der Waals surface area contributed by atoms with Crippen molar-refractivity contribution >= 4 is 71.6 Å². The molecule has 39 nitrogen and oxygen atoms in total. The molecule has 43 heteroatoms. The number of carbonyl (C=O) groups is 4. The Balaban J connectivity index is 0.000000489. The zero-order valence-corrected chi connectivity index (χ0v) is 53.7. The minimum absolute atomic E-state index is 0.0544. The van der Waals surface area contributed by atoms with E-state index in [1.807, 2.05) is 0 Å². The molecule has 91 heavy (non-hydrogen) atoms. The molecule has 0 radical (unpaired) electrons. The van der Waals surface area contributed by atoms with Crippen LogP contribution >= 0.6 is 0 Å². The van der Waals surface area contributed by atoms with Gasteiger partial charge in [-0.25, -0.2) is 40.8 Å². The Morgan fingerprint density at radius 3 is 1.55 bits per heavy atom. The molecular formula is C48H84N7O32S4-3. The molecule has 530 valence electrons. The third-order valence-corrected chi connectivity index (χ3v) is 17.4. The second-order valence-corrected chi connectivity index (χ2v) is 26.4. The highest BCUT2D eigenvalue weighted by Gasteiger charge is 2.56. The van der Waals surface area contributed by atoms with Crippen molar-refractivity contribution in [3.63, 3.8) is 0 Å². The predicted octanol–water partition coefficient (Wildman–Crippen LogP) is -6.50. The lowest BCUT2D eigenvalue weighted by molar-refractivity contribution is -0.233. The number of aliphatic hydroxyl groups excluding tert-OH is 6. The van der Waals surface area contributed by atoms with Crippen molar-refractivity contribution in [2.75, 3.05) is 73.6 Å². The molecule has 20 atom stereocenters. The number of hydrazine groups is 1. The molecule has 20 unspecified atom stereocenters. The molecule has 0 aromatic heterocycles. The number of Topliss-reactive ketones (excluding diaryl/α,β-unsaturated/α-hetero) is 1. The van der Waals surface area contributed by atoms with Gasteiger partial charge in [0, 0.05) is 56.4 Å². The van der Waals surface area contributed by atoms with Crippen LogP contribution < -0.4 is 26.3 Å². The highest BCUT2D eigenvalue weighted by Crippen LogP contribution is 2.41. The van der Waals surface area contributed by atoms with E-state index >= 15 is 0 Å². The van der Waals surface area contributed by atoms with Gasteiger partial charge in [0.2, 0.25) is 32.6 Å². The van der Waals surface area contributed by atoms with E-state index in [1.165, 1.54) is 34.3 Å². The van der Waals surface area contributed by atoms with Gasteiger partial charge in [0.05, 0.1) is 114 Å². The van der Waals surface area contributed by atoms with Crippen LogP contribution in [0.1, 0.15) is 66.2 Å². The van der Waals surface area contributed by atoms with Gasteiger partial charge < -0.3 is 87.5 Å². The number of nitrogens with zero attached hydrogens (tertiary/aromatic N) is 2. The van der Waals surface area contributed by atoms with E-state index in [0.717, 1.165) is 0 Å². The number of ketones is 1. The number of carbonyl (C=O) groups excluding carboxylic acids is 4. The lowest BCUT2D eigenvalue weighted by Crippen LogP contribution is -2.68. The number of hydrogen-bond acceptors (Lipinski definition) is 33. The molecule has 0 aromatic carbocycles. The van der Waals surface area contributed by atoms with E-state index in [9.17, 15) is 102 Å². The average Bonchev–Trinajstić information content (AvgIpc) is 0.778. The monoisotopic (exact) mass is 1400 g/mol. The summed E-state index contributed by atoms with van der Waals surface area (Å²) in [7, 11) is -18.0. The molecule has 4 saturated heterocycles. The average molecular weight is 1400 g/mol. The summed E-state index contributed by atoms with van der Waals surface area (Å²) in [6.07, 6.45) is -17.0. The smallest absolute Gasteiger partial charge is 0.287 e. The lowest BCUT2D eigenvalue weighted by atomic mass is 9.73. The molecule has 4 aliphatic heterocycles. The Hall–Kier alpha value is -3.63. The first kappa shape index (κ1) is 81.6. The highest BCUT2D eigenvalue weighted by atomic mass is 32.3. The molecule has 4 aliphatic rings. The number of unbranched alkanes of at least 4 members (excludes halogenated alkanes) is 1. The summed E-state index contributed by atoms with van der Waals surface area (Å²) in [6.45, 7) is 7.33. The number of hydrazone groups is 1. The number of methoxy groups -OCH3 is 2. The van der Waals surface area contributed by atoms with E-state index in [0.29, 0.717) is 12.8 Å². The Kier molecular flexibility index (Phi) is 32.7. The van der Waals surface area contributed by atoms with E-state index in [2.05, 4.69) is 52.7 Å². The van der Waals surface area contributed by atoms with Crippen LogP contribution in [-0.2, 0) is 107 Å². The summed E-state index contributed by atoms with van der Waals surface area (Å²) in [5.74, 6) is -4.53. The van der Waals surface area contributed by atoms with E-state index in [-0.39, 0.29) is 44.8 Å². The number of rotatable bonds is 35. The van der Waals surface area contributed by atoms with Gasteiger partial charge in [-0.05, 0) is 31.9 Å². The fraction of sp³-hybridized carbons (Fsp3) is 0.854. The zero-order valence-electron chi connectivity index (χ0n) is 50.4. The minimum Gasteiger partial charge on any atom is -0.735 e. The van der Waals surface area contributed by atoms with E-state index in [4.69, 9.17) is 37.9 Å². The maximum atomic E-state index is 13.2. The van der Waals surface area contributed by atoms with Crippen molar-refractivity contribution in [1.82, 2.24) is 26.3 Å². The SMILES string of the molecule is C=CNC(=O)CCCCC(=O)NNCC(=O)C1OC(CC)C(O)C(O)C1COCC1OC(COS(=O)(=O)[O-])C(C)(COC)C(O)C1N=S(=O)(O)O.C=NNC(=O)C1OC(CC)C(O)C(O)C1COCC1OC(COS(=O)(=O)[O-])C(C)(COC)C(O)C1NS(=O)(=O)[O-]. The van der Waals surface area contributed by atoms with Gasteiger partial charge in [-0.2, -0.15) is 13.7 Å². The van der Waals surface area contributed by atoms with Crippen LogP contribution in [0.5, 0.6) is 0 Å². The number of ether oxygens (including phenoxy) is 8. The first-order chi connectivity index (χ1) is 42.3. The first-order valence-corrected chi connectivity index (χ1v) is 33.4. The highest BCUT2D eigenvalue weighted by molar-refractivity contribution is 7.83. The normalized spacial score (nSPS) is 33.9. The number of hydrogen-bond donors (Lipinski definition) is 13. The lowest BCUT2D eigenvalue weighted by Gasteiger charge is -2.51. The predicted molar refractivity (Wildman–Crippen MR) is 303 cm³/mol. The molecule has 3 amide bonds. The van der Waals surface area contributed by atoms with Crippen LogP contribution in [0.2, 0.25) is 0 Å². The standard InChI is InChI=1S/C28H50N4O17S2.C20H37N3O15S2/c1-5-18-25(37)24(36)16(26(49-18)17(33)11-30-31-22(35)10-8-7-9-21(34)29-6-2)12-46-13-19-23(32-50(39,40)41)27(38)28(3,15-45-4)20(48-19)14-47-51(42,43)44;1-5-11-16(25)15(24)10(17(38-11)19(27)22-21-3)6-35-7-12-14(23-39(28,29)30)18(26)20(2,9-34-4)13(37-12)8-36-40(31,32)33/h6,16,18-20,23-27,30,36-38H,2,5,7-15H2,1,3-4H3,(H,29,34)(H,31,35)(H,42,43,44)(H2,32,39,40,41);10-18,23-26H,3,5-9H2,1-2,4H3,(H,22,27)(H,28,29,30)(H,31,32,33)/p-3. The topological polar surface area (TPSA) is 596 Å². The van der Waals surface area contributed by atoms with Gasteiger partial charge in [0.25, 0.3) is 16.2 Å². The van der Waals surface area contributed by atoms with Crippen LogP contribution in [0.3, 0.4) is 0 Å². The van der Waals surface area contributed by atoms with E-state index in [1.54, 1.807) is 18.6 Å². The van der Waals surface area contributed by atoms with Crippen molar-refractivity contribution in [1.29, 1.82) is 0 Å². The van der Waals surface area contributed by atoms with Crippen LogP contribution in [0.15, 0.2) is 22.2 Å². The summed E-state index contributed by atoms with van der Waals surface area (Å²) in [5.41, 5.74) is 3.74. The molecule has 4 heterocycles. The molecule has 0 aromatic rings.